The molecule has 1 unspecified atom stereocenters. The van der Waals surface area contributed by atoms with E-state index in [0.29, 0.717) is 18.7 Å². The van der Waals surface area contributed by atoms with Crippen molar-refractivity contribution in [3.8, 4) is 0 Å². The highest BCUT2D eigenvalue weighted by Gasteiger charge is 2.39. The molecule has 0 spiro atoms. The first kappa shape index (κ1) is 33.2. The number of nitrogens with one attached hydrogen (secondary N) is 1. The van der Waals surface area contributed by atoms with Crippen molar-refractivity contribution in [1.82, 2.24) is 5.43 Å². The van der Waals surface area contributed by atoms with Crippen LogP contribution in [-0.2, 0) is 19.1 Å². The van der Waals surface area contributed by atoms with Gasteiger partial charge in [0.05, 0.1) is 18.9 Å². The maximum Gasteiger partial charge on any atom is 0.258 e. The third kappa shape index (κ3) is 17.2. The molecule has 8 heteroatoms. The van der Waals surface area contributed by atoms with E-state index >= 15 is 0 Å². The number of ether oxygens (including phenoxy) is 2. The summed E-state index contributed by atoms with van der Waals surface area (Å²) in [6.07, 6.45) is 4.77. The van der Waals surface area contributed by atoms with Gasteiger partial charge in [-0.3, -0.25) is 15.0 Å². The number of hydrazine groups is 1. The van der Waals surface area contributed by atoms with Gasteiger partial charge in [0, 0.05) is 26.4 Å². The Labute approximate surface area is 200 Å². The average molecular weight is 471 g/mol. The lowest BCUT2D eigenvalue weighted by Gasteiger charge is -2.14. The Balaban J connectivity index is 0. The van der Waals surface area contributed by atoms with E-state index in [2.05, 4.69) is 12.3 Å². The lowest BCUT2D eigenvalue weighted by atomic mass is 10.0. The molecular weight excluding hydrogens is 424 g/mol. The number of carbonyl (C=O) groups is 2. The van der Waals surface area contributed by atoms with Gasteiger partial charge < -0.3 is 19.7 Å². The van der Waals surface area contributed by atoms with Crippen LogP contribution >= 0.6 is 0 Å². The highest BCUT2D eigenvalue weighted by Crippen LogP contribution is 2.22. The smallest absolute Gasteiger partial charge is 0.258 e. The topological polar surface area (TPSA) is 108 Å². The van der Waals surface area contributed by atoms with E-state index in [4.69, 9.17) is 19.7 Å². The Morgan fingerprint density at radius 2 is 1.45 bits per heavy atom. The Bertz CT molecular complexity index is 563. The highest BCUT2D eigenvalue weighted by molar-refractivity contribution is 6.14. The highest BCUT2D eigenvalue weighted by atomic mass is 16.5. The zero-order chi connectivity index (χ0) is 25.3. The maximum atomic E-state index is 12.1. The fourth-order valence-electron chi connectivity index (χ4n) is 2.56. The van der Waals surface area contributed by atoms with E-state index in [1.807, 2.05) is 39.0 Å². The zero-order valence-corrected chi connectivity index (χ0v) is 21.2. The predicted octanol–water partition coefficient (Wildman–Crippen LogP) is 3.71. The number of benzene rings is 1. The van der Waals surface area contributed by atoms with Crippen molar-refractivity contribution in [3.05, 3.63) is 30.3 Å². The molecule has 1 atom stereocenters. The largest absolute Gasteiger partial charge is 0.397 e. The molecule has 1 aromatic carbocycles. The third-order valence-electron chi connectivity index (χ3n) is 4.20. The molecule has 0 bridgehead atoms. The van der Waals surface area contributed by atoms with Gasteiger partial charge in [-0.05, 0) is 45.7 Å². The Morgan fingerprint density at radius 3 is 1.91 bits per heavy atom. The second-order valence-corrected chi connectivity index (χ2v) is 6.97. The molecule has 1 saturated heterocycles. The van der Waals surface area contributed by atoms with Crippen LogP contribution in [0.4, 0.5) is 5.69 Å². The number of para-hydroxylation sites is 1. The molecule has 1 fully saturated rings. The Hall–Kier alpha value is -2.00. The van der Waals surface area contributed by atoms with E-state index in [1.54, 1.807) is 19.1 Å². The average Bonchev–Trinajstić information content (AvgIpc) is 3.11. The van der Waals surface area contributed by atoms with E-state index in [1.165, 1.54) is 5.01 Å². The van der Waals surface area contributed by atoms with Crippen molar-refractivity contribution in [2.75, 3.05) is 44.7 Å². The predicted molar refractivity (Wildman–Crippen MR) is 133 cm³/mol. The molecule has 1 aromatic rings. The second-order valence-electron chi connectivity index (χ2n) is 6.97. The van der Waals surface area contributed by atoms with E-state index < -0.39 is 5.92 Å². The van der Waals surface area contributed by atoms with Gasteiger partial charge in [-0.25, -0.2) is 5.01 Å². The Kier molecular flexibility index (Phi) is 24.8. The lowest BCUT2D eigenvalue weighted by molar-refractivity contribution is -0.127. The fraction of sp³-hybridized carbons (Fsp3) is 0.680. The van der Waals surface area contributed by atoms with Crippen LogP contribution < -0.4 is 10.4 Å². The molecule has 2 rings (SSSR count). The number of hydrogen-bond donors (Lipinski definition) is 3. The first-order valence-electron chi connectivity index (χ1n) is 12.0. The number of aliphatic hydroxyl groups is 2. The summed E-state index contributed by atoms with van der Waals surface area (Å²) in [4.78, 5) is 23.8. The van der Waals surface area contributed by atoms with Crippen molar-refractivity contribution < 1.29 is 29.3 Å². The number of amides is 2. The van der Waals surface area contributed by atoms with Crippen molar-refractivity contribution in [3.63, 3.8) is 0 Å². The maximum absolute atomic E-state index is 12.1. The monoisotopic (exact) mass is 470 g/mol. The lowest BCUT2D eigenvalue weighted by Crippen LogP contribution is -2.35. The normalized spacial score (nSPS) is 14.3. The molecule has 1 aliphatic rings. The van der Waals surface area contributed by atoms with Crippen LogP contribution in [0.25, 0.3) is 0 Å². The summed E-state index contributed by atoms with van der Waals surface area (Å²) in [7, 11) is 0. The van der Waals surface area contributed by atoms with Gasteiger partial charge >= 0.3 is 0 Å². The molecule has 1 aliphatic heterocycles. The number of nitrogens with zero attached hydrogens (tertiary/aromatic N) is 1. The van der Waals surface area contributed by atoms with Gasteiger partial charge in [-0.15, -0.1) is 0 Å². The molecule has 33 heavy (non-hydrogen) atoms. The number of rotatable bonds is 11. The van der Waals surface area contributed by atoms with Crippen LogP contribution in [0.2, 0.25) is 0 Å². The molecule has 192 valence electrons. The van der Waals surface area contributed by atoms with Crippen LogP contribution in [0.15, 0.2) is 30.3 Å². The molecule has 0 radical (unpaired) electrons. The minimum absolute atomic E-state index is 0.143. The number of aliphatic hydroxyl groups excluding tert-OH is 2. The minimum atomic E-state index is -0.518. The standard InChI is InChI=1S/C13H16N2O2.C6H14O2.C4H10O.C2H6O/c1-2-3-9-11-12(16)14-15(13(11)17)10-7-5-4-6-8-10;1-2-3-5-8-6-4-7;1-3-5-4-2;1-2-3/h4-8,11H,2-3,9H2,1H3,(H,14,16);7H,2-6H2,1H3;3-4H2,1-2H3;3H,2H2,1H3. The molecule has 1 heterocycles. The van der Waals surface area contributed by atoms with Gasteiger partial charge in [0.25, 0.3) is 11.8 Å². The van der Waals surface area contributed by atoms with Crippen molar-refractivity contribution in [1.29, 1.82) is 0 Å². The van der Waals surface area contributed by atoms with Crippen LogP contribution in [0.3, 0.4) is 0 Å². The first-order valence-corrected chi connectivity index (χ1v) is 12.0. The van der Waals surface area contributed by atoms with Crippen LogP contribution in [-0.4, -0.2) is 61.7 Å². The van der Waals surface area contributed by atoms with Crippen LogP contribution in [0, 0.1) is 5.92 Å². The first-order chi connectivity index (χ1) is 16.0. The summed E-state index contributed by atoms with van der Waals surface area (Å²) in [5.41, 5.74) is 3.34. The minimum Gasteiger partial charge on any atom is -0.397 e. The van der Waals surface area contributed by atoms with Gasteiger partial charge in [0.2, 0.25) is 0 Å². The van der Waals surface area contributed by atoms with Gasteiger partial charge in [-0.2, -0.15) is 0 Å². The SMILES string of the molecule is CCCCC1C(=O)NN(c2ccccc2)C1=O.CCCCOCCO.CCO.CCOCC. The number of unbranched alkanes of at least 4 members (excludes halogenated alkanes) is 2. The van der Waals surface area contributed by atoms with E-state index in [9.17, 15) is 9.59 Å². The van der Waals surface area contributed by atoms with Crippen molar-refractivity contribution in [2.24, 2.45) is 5.92 Å². The van der Waals surface area contributed by atoms with Gasteiger partial charge in [0.1, 0.15) is 5.92 Å². The summed E-state index contributed by atoms with van der Waals surface area (Å²) in [6, 6.07) is 9.17. The van der Waals surface area contributed by atoms with Crippen LogP contribution in [0.5, 0.6) is 0 Å². The third-order valence-corrected chi connectivity index (χ3v) is 4.20. The summed E-state index contributed by atoms with van der Waals surface area (Å²) in [6.45, 7) is 13.2. The number of anilines is 1. The van der Waals surface area contributed by atoms with E-state index in [0.717, 1.165) is 45.5 Å². The second kappa shape index (κ2) is 24.6. The van der Waals surface area contributed by atoms with Crippen LogP contribution in [0.1, 0.15) is 66.7 Å². The quantitative estimate of drug-likeness (QED) is 0.336. The molecule has 3 N–H and O–H groups in total. The fourth-order valence-corrected chi connectivity index (χ4v) is 2.56. The summed E-state index contributed by atoms with van der Waals surface area (Å²) in [5, 5.41) is 17.2. The van der Waals surface area contributed by atoms with Crippen molar-refractivity contribution >= 4 is 17.5 Å². The molecule has 0 saturated carbocycles. The Morgan fingerprint density at radius 1 is 0.879 bits per heavy atom. The summed E-state index contributed by atoms with van der Waals surface area (Å²) in [5.74, 6) is -0.850. The molecule has 2 amide bonds. The summed E-state index contributed by atoms with van der Waals surface area (Å²) < 4.78 is 9.81. The zero-order valence-electron chi connectivity index (χ0n) is 21.2. The molecule has 8 nitrogen and oxygen atoms in total. The molecular formula is C25H46N2O6. The van der Waals surface area contributed by atoms with Crippen molar-refractivity contribution in [2.45, 2.75) is 66.7 Å². The number of carbonyl (C=O) groups excluding carboxylic acids is 2. The summed E-state index contributed by atoms with van der Waals surface area (Å²) >= 11 is 0. The van der Waals surface area contributed by atoms with E-state index in [-0.39, 0.29) is 25.0 Å². The molecule has 0 aromatic heterocycles. The van der Waals surface area contributed by atoms with Gasteiger partial charge in [0.15, 0.2) is 0 Å². The van der Waals surface area contributed by atoms with Gasteiger partial charge in [-0.1, -0.05) is 51.3 Å². The molecule has 0 aliphatic carbocycles. The number of hydrogen-bond acceptors (Lipinski definition) is 6.